The average Bonchev–Trinajstić information content (AvgIpc) is 3.31. The minimum Gasteiger partial charge on any atom is -0.462 e. The molecule has 1 aliphatic heterocycles. The SMILES string of the molecule is CCOC(=O)c1c(NC(=O)Cc2ccc(Cl)s2)sc2c1CCN(Cc1ccccc1)C2.Cl. The molecule has 0 aliphatic carbocycles. The molecule has 1 amide bonds. The lowest BCUT2D eigenvalue weighted by atomic mass is 10.0. The molecule has 3 heterocycles. The van der Waals surface area contributed by atoms with Gasteiger partial charge in [0.1, 0.15) is 5.00 Å². The van der Waals surface area contributed by atoms with Gasteiger partial charge in [-0.3, -0.25) is 9.69 Å². The van der Waals surface area contributed by atoms with Gasteiger partial charge in [0.2, 0.25) is 5.91 Å². The first kappa shape index (κ1) is 24.7. The van der Waals surface area contributed by atoms with E-state index in [9.17, 15) is 9.59 Å². The summed E-state index contributed by atoms with van der Waals surface area (Å²) in [6.45, 7) is 4.54. The molecular weight excluding hydrogens is 487 g/mol. The largest absolute Gasteiger partial charge is 0.462 e. The van der Waals surface area contributed by atoms with Crippen LogP contribution in [-0.4, -0.2) is 29.9 Å². The van der Waals surface area contributed by atoms with Crippen LogP contribution in [0.5, 0.6) is 0 Å². The van der Waals surface area contributed by atoms with Gasteiger partial charge in [-0.15, -0.1) is 35.1 Å². The zero-order valence-corrected chi connectivity index (χ0v) is 20.8. The number of hydrogen-bond donors (Lipinski definition) is 1. The molecule has 1 aliphatic rings. The van der Waals surface area contributed by atoms with Crippen molar-refractivity contribution in [1.29, 1.82) is 0 Å². The van der Waals surface area contributed by atoms with Crippen molar-refractivity contribution >= 4 is 63.6 Å². The molecule has 0 fully saturated rings. The number of esters is 1. The van der Waals surface area contributed by atoms with Crippen LogP contribution in [0.4, 0.5) is 5.00 Å². The molecule has 1 N–H and O–H groups in total. The summed E-state index contributed by atoms with van der Waals surface area (Å²) in [6, 6.07) is 14.0. The number of halogens is 2. The number of carbonyl (C=O) groups is 2. The molecule has 1 aromatic carbocycles. The number of hydrogen-bond acceptors (Lipinski definition) is 6. The van der Waals surface area contributed by atoms with Gasteiger partial charge in [-0.1, -0.05) is 41.9 Å². The van der Waals surface area contributed by atoms with Crippen molar-refractivity contribution in [2.24, 2.45) is 0 Å². The van der Waals surface area contributed by atoms with Gasteiger partial charge in [0.05, 0.1) is 22.9 Å². The molecule has 0 unspecified atom stereocenters. The lowest BCUT2D eigenvalue weighted by Crippen LogP contribution is -2.30. The lowest BCUT2D eigenvalue weighted by molar-refractivity contribution is -0.115. The van der Waals surface area contributed by atoms with Crippen molar-refractivity contribution in [1.82, 2.24) is 4.90 Å². The number of fused-ring (bicyclic) bond motifs is 1. The molecule has 4 rings (SSSR count). The van der Waals surface area contributed by atoms with Gasteiger partial charge < -0.3 is 10.1 Å². The van der Waals surface area contributed by atoms with Crippen molar-refractivity contribution in [2.75, 3.05) is 18.5 Å². The Bertz CT molecular complexity index is 1080. The fourth-order valence-corrected chi connectivity index (χ4v) is 6.10. The van der Waals surface area contributed by atoms with Crippen molar-refractivity contribution in [2.45, 2.75) is 32.9 Å². The molecule has 0 bridgehead atoms. The molecule has 0 saturated carbocycles. The summed E-state index contributed by atoms with van der Waals surface area (Å²) in [5, 5.41) is 3.53. The van der Waals surface area contributed by atoms with Gasteiger partial charge in [-0.05, 0) is 36.6 Å². The Morgan fingerprint density at radius 3 is 2.62 bits per heavy atom. The monoisotopic (exact) mass is 510 g/mol. The van der Waals surface area contributed by atoms with Crippen LogP contribution in [0.15, 0.2) is 42.5 Å². The highest BCUT2D eigenvalue weighted by molar-refractivity contribution is 7.17. The fourth-order valence-electron chi connectivity index (χ4n) is 3.72. The highest BCUT2D eigenvalue weighted by Gasteiger charge is 2.29. The molecule has 9 heteroatoms. The smallest absolute Gasteiger partial charge is 0.341 e. The van der Waals surface area contributed by atoms with Crippen LogP contribution in [-0.2, 0) is 35.5 Å². The van der Waals surface area contributed by atoms with E-state index >= 15 is 0 Å². The van der Waals surface area contributed by atoms with Gasteiger partial charge in [0, 0.05) is 29.4 Å². The first-order valence-corrected chi connectivity index (χ1v) is 12.2. The molecule has 2 aromatic heterocycles. The minimum absolute atomic E-state index is 0. The predicted octanol–water partition coefficient (Wildman–Crippen LogP) is 5.80. The van der Waals surface area contributed by atoms with Gasteiger partial charge in [0.25, 0.3) is 0 Å². The van der Waals surface area contributed by atoms with Crippen LogP contribution in [0.1, 0.15) is 38.2 Å². The third-order valence-electron chi connectivity index (χ3n) is 5.08. The molecule has 0 atom stereocenters. The van der Waals surface area contributed by atoms with Crippen molar-refractivity contribution in [3.63, 3.8) is 0 Å². The number of thiophene rings is 2. The van der Waals surface area contributed by atoms with Crippen LogP contribution < -0.4 is 5.32 Å². The van der Waals surface area contributed by atoms with E-state index in [4.69, 9.17) is 16.3 Å². The highest BCUT2D eigenvalue weighted by atomic mass is 35.5. The van der Waals surface area contributed by atoms with E-state index in [1.165, 1.54) is 28.2 Å². The molecule has 3 aromatic rings. The summed E-state index contributed by atoms with van der Waals surface area (Å²) in [5.41, 5.74) is 2.78. The maximum atomic E-state index is 12.7. The van der Waals surface area contributed by atoms with Crippen molar-refractivity contribution in [3.05, 3.63) is 73.2 Å². The number of amides is 1. The van der Waals surface area contributed by atoms with E-state index in [-0.39, 0.29) is 30.7 Å². The molecule has 5 nitrogen and oxygen atoms in total. The van der Waals surface area contributed by atoms with Crippen molar-refractivity contribution < 1.29 is 14.3 Å². The number of nitrogens with zero attached hydrogens (tertiary/aromatic N) is 1. The molecule has 0 saturated heterocycles. The topological polar surface area (TPSA) is 58.6 Å². The Labute approximate surface area is 206 Å². The van der Waals surface area contributed by atoms with Crippen LogP contribution >= 0.6 is 46.7 Å². The second-order valence-electron chi connectivity index (χ2n) is 7.31. The zero-order chi connectivity index (χ0) is 21.8. The van der Waals surface area contributed by atoms with Gasteiger partial charge >= 0.3 is 5.97 Å². The lowest BCUT2D eigenvalue weighted by Gasteiger charge is -2.27. The fraction of sp³-hybridized carbons (Fsp3) is 0.304. The first-order valence-electron chi connectivity index (χ1n) is 10.2. The average molecular weight is 511 g/mol. The maximum absolute atomic E-state index is 12.7. The maximum Gasteiger partial charge on any atom is 0.341 e. The summed E-state index contributed by atoms with van der Waals surface area (Å²) in [7, 11) is 0. The first-order chi connectivity index (χ1) is 15.0. The number of nitrogens with one attached hydrogen (secondary N) is 1. The van der Waals surface area contributed by atoms with E-state index in [1.807, 2.05) is 24.3 Å². The molecule has 0 radical (unpaired) electrons. The number of ether oxygens (including phenoxy) is 1. The number of rotatable bonds is 7. The van der Waals surface area contributed by atoms with Crippen LogP contribution in [0.3, 0.4) is 0 Å². The van der Waals surface area contributed by atoms with E-state index < -0.39 is 0 Å². The predicted molar refractivity (Wildman–Crippen MR) is 133 cm³/mol. The van der Waals surface area contributed by atoms with Crippen LogP contribution in [0, 0.1) is 0 Å². The Kier molecular flexibility index (Phi) is 8.73. The number of benzene rings is 1. The van der Waals surface area contributed by atoms with Gasteiger partial charge in [-0.2, -0.15) is 0 Å². The summed E-state index contributed by atoms with van der Waals surface area (Å²) >= 11 is 8.83. The van der Waals surface area contributed by atoms with E-state index in [0.717, 1.165) is 41.4 Å². The standard InChI is InChI=1S/C23H23ClN2O3S2.ClH/c1-2-29-23(28)21-17-10-11-26(13-15-6-4-3-5-7-15)14-18(17)31-22(21)25-20(27)12-16-8-9-19(24)30-16;/h3-9H,2,10-14H2,1H3,(H,25,27);1H. The summed E-state index contributed by atoms with van der Waals surface area (Å²) in [5.74, 6) is -0.533. The third kappa shape index (κ3) is 5.91. The molecule has 0 spiro atoms. The van der Waals surface area contributed by atoms with Crippen LogP contribution in [0.25, 0.3) is 0 Å². The summed E-state index contributed by atoms with van der Waals surface area (Å²) < 4.78 is 5.96. The number of anilines is 1. The minimum atomic E-state index is -0.369. The second-order valence-corrected chi connectivity index (χ2v) is 10.2. The van der Waals surface area contributed by atoms with Crippen molar-refractivity contribution in [3.8, 4) is 0 Å². The zero-order valence-electron chi connectivity index (χ0n) is 17.6. The van der Waals surface area contributed by atoms with E-state index in [1.54, 1.807) is 13.0 Å². The number of carbonyl (C=O) groups excluding carboxylic acids is 2. The van der Waals surface area contributed by atoms with Gasteiger partial charge in [0.15, 0.2) is 0 Å². The molecular formula is C23H24Cl2N2O3S2. The Hall–Kier alpha value is -1.90. The Morgan fingerprint density at radius 1 is 1.16 bits per heavy atom. The third-order valence-corrected chi connectivity index (χ3v) is 7.44. The quantitative estimate of drug-likeness (QED) is 0.408. The van der Waals surface area contributed by atoms with Crippen LogP contribution in [0.2, 0.25) is 4.34 Å². The second kappa shape index (κ2) is 11.3. The highest BCUT2D eigenvalue weighted by Crippen LogP contribution is 2.38. The van der Waals surface area contributed by atoms with Gasteiger partial charge in [-0.25, -0.2) is 4.79 Å². The summed E-state index contributed by atoms with van der Waals surface area (Å²) in [6.07, 6.45) is 0.978. The Morgan fingerprint density at radius 2 is 1.94 bits per heavy atom. The Balaban J connectivity index is 0.00000289. The molecule has 32 heavy (non-hydrogen) atoms. The summed E-state index contributed by atoms with van der Waals surface area (Å²) in [4.78, 5) is 29.7. The molecule has 170 valence electrons. The van der Waals surface area contributed by atoms with E-state index in [2.05, 4.69) is 22.3 Å². The van der Waals surface area contributed by atoms with E-state index in [0.29, 0.717) is 21.5 Å². The normalized spacial score (nSPS) is 13.2.